The Morgan fingerprint density at radius 3 is 2.00 bits per heavy atom. The van der Waals surface area contributed by atoms with Gasteiger partial charge in [-0.3, -0.25) is 0 Å². The maximum Gasteiger partial charge on any atom is 0.114 e. The monoisotopic (exact) mass is 224 g/mol. The highest BCUT2D eigenvalue weighted by molar-refractivity contribution is 4.82. The maximum absolute atomic E-state index is 9.80. The quantitative estimate of drug-likeness (QED) is 0.459. The van der Waals surface area contributed by atoms with E-state index in [4.69, 9.17) is 19.3 Å². The largest absolute Gasteiger partial charge is 0.394 e. The van der Waals surface area contributed by atoms with Crippen LogP contribution in [0.5, 0.6) is 0 Å². The van der Waals surface area contributed by atoms with Gasteiger partial charge in [-0.1, -0.05) is 0 Å². The number of hydrogen-bond acceptors (Lipinski definition) is 6. The Balaban J connectivity index is 4.38. The van der Waals surface area contributed by atoms with Crippen LogP contribution < -0.4 is 0 Å². The topological polar surface area (TPSA) is 88.4 Å². The molecule has 0 aromatic carbocycles. The van der Waals surface area contributed by atoms with Gasteiger partial charge in [0.05, 0.1) is 13.2 Å². The minimum absolute atomic E-state index is 0.176. The third kappa shape index (κ3) is 4.42. The summed E-state index contributed by atoms with van der Waals surface area (Å²) < 4.78 is 14.7. The SMILES string of the molecule is COC[C@H](OC)[C@@H](O)[C@@H](OC)[C@H](O)CO. The zero-order valence-electron chi connectivity index (χ0n) is 9.29. The van der Waals surface area contributed by atoms with Gasteiger partial charge in [0, 0.05) is 21.3 Å². The fourth-order valence-corrected chi connectivity index (χ4v) is 1.31. The Bertz CT molecular complexity index is 154. The fraction of sp³-hybridized carbons (Fsp3) is 1.00. The first-order valence-corrected chi connectivity index (χ1v) is 4.63. The van der Waals surface area contributed by atoms with Crippen molar-refractivity contribution in [3.8, 4) is 0 Å². The summed E-state index contributed by atoms with van der Waals surface area (Å²) in [6.45, 7) is -0.311. The lowest BCUT2D eigenvalue weighted by Gasteiger charge is -2.29. The van der Waals surface area contributed by atoms with Gasteiger partial charge in [-0.05, 0) is 0 Å². The molecule has 4 atom stereocenters. The molecule has 0 saturated carbocycles. The molecule has 6 heteroatoms. The molecule has 0 radical (unpaired) electrons. The van der Waals surface area contributed by atoms with Crippen LogP contribution in [0.15, 0.2) is 0 Å². The van der Waals surface area contributed by atoms with Gasteiger partial charge in [-0.2, -0.15) is 0 Å². The molecule has 0 amide bonds. The zero-order chi connectivity index (χ0) is 11.8. The van der Waals surface area contributed by atoms with Gasteiger partial charge in [-0.15, -0.1) is 0 Å². The van der Waals surface area contributed by atoms with Crippen LogP contribution in [0.1, 0.15) is 0 Å². The third-order valence-corrected chi connectivity index (χ3v) is 2.19. The first-order valence-electron chi connectivity index (χ1n) is 4.63. The number of rotatable bonds is 8. The van der Waals surface area contributed by atoms with E-state index in [1.165, 1.54) is 21.3 Å². The Labute approximate surface area is 89.4 Å². The van der Waals surface area contributed by atoms with Crippen molar-refractivity contribution >= 4 is 0 Å². The fourth-order valence-electron chi connectivity index (χ4n) is 1.31. The maximum atomic E-state index is 9.80. The Morgan fingerprint density at radius 2 is 1.67 bits per heavy atom. The van der Waals surface area contributed by atoms with Crippen molar-refractivity contribution in [1.82, 2.24) is 0 Å². The van der Waals surface area contributed by atoms with E-state index in [9.17, 15) is 10.2 Å². The molecule has 0 aliphatic rings. The number of methoxy groups -OCH3 is 3. The van der Waals surface area contributed by atoms with E-state index in [1.807, 2.05) is 0 Å². The van der Waals surface area contributed by atoms with E-state index in [1.54, 1.807) is 0 Å². The Hall–Kier alpha value is -0.240. The highest BCUT2D eigenvalue weighted by Gasteiger charge is 2.32. The first kappa shape index (κ1) is 14.8. The summed E-state index contributed by atoms with van der Waals surface area (Å²) in [5, 5.41) is 27.9. The molecule has 0 unspecified atom stereocenters. The smallest absolute Gasteiger partial charge is 0.114 e. The van der Waals surface area contributed by atoms with Gasteiger partial charge in [0.1, 0.15) is 24.4 Å². The van der Waals surface area contributed by atoms with Crippen molar-refractivity contribution in [2.45, 2.75) is 24.4 Å². The lowest BCUT2D eigenvalue weighted by atomic mass is 10.0. The second-order valence-electron chi connectivity index (χ2n) is 3.17. The molecule has 0 aliphatic heterocycles. The number of ether oxygens (including phenoxy) is 3. The van der Waals surface area contributed by atoms with E-state index in [0.29, 0.717) is 0 Å². The molecule has 6 nitrogen and oxygen atoms in total. The highest BCUT2D eigenvalue weighted by Crippen LogP contribution is 2.11. The van der Waals surface area contributed by atoms with Crippen LogP contribution in [-0.2, 0) is 14.2 Å². The molecule has 15 heavy (non-hydrogen) atoms. The van der Waals surface area contributed by atoms with Crippen molar-refractivity contribution in [3.63, 3.8) is 0 Å². The summed E-state index contributed by atoms with van der Waals surface area (Å²) in [7, 11) is 4.24. The van der Waals surface area contributed by atoms with Crippen LogP contribution in [0, 0.1) is 0 Å². The van der Waals surface area contributed by atoms with Crippen LogP contribution in [0.3, 0.4) is 0 Å². The second kappa shape index (κ2) is 7.98. The van der Waals surface area contributed by atoms with Crippen LogP contribution in [-0.4, -0.2) is 74.3 Å². The predicted octanol–water partition coefficient (Wildman–Crippen LogP) is -1.62. The molecule has 0 aliphatic carbocycles. The molecule has 3 N–H and O–H groups in total. The normalized spacial score (nSPS) is 19.6. The molecular formula is C9H20O6. The van der Waals surface area contributed by atoms with Crippen molar-refractivity contribution in [2.75, 3.05) is 34.5 Å². The highest BCUT2D eigenvalue weighted by atomic mass is 16.5. The van der Waals surface area contributed by atoms with E-state index in [0.717, 1.165) is 0 Å². The van der Waals surface area contributed by atoms with E-state index < -0.39 is 31.0 Å². The molecule has 0 heterocycles. The zero-order valence-corrected chi connectivity index (χ0v) is 9.29. The van der Waals surface area contributed by atoms with Crippen molar-refractivity contribution in [2.24, 2.45) is 0 Å². The van der Waals surface area contributed by atoms with Crippen molar-refractivity contribution in [3.05, 3.63) is 0 Å². The van der Waals surface area contributed by atoms with Crippen LogP contribution in [0.25, 0.3) is 0 Å². The molecular weight excluding hydrogens is 204 g/mol. The van der Waals surface area contributed by atoms with Gasteiger partial charge in [0.25, 0.3) is 0 Å². The summed E-state index contributed by atoms with van der Waals surface area (Å²) in [5.41, 5.74) is 0. The average molecular weight is 224 g/mol. The molecule has 0 aromatic rings. The second-order valence-corrected chi connectivity index (χ2v) is 3.17. The summed E-state index contributed by atoms with van der Waals surface area (Å²) >= 11 is 0. The molecule has 0 fully saturated rings. The molecule has 0 bridgehead atoms. The minimum Gasteiger partial charge on any atom is -0.394 e. The lowest BCUT2D eigenvalue weighted by molar-refractivity contribution is -0.147. The van der Waals surface area contributed by atoms with Crippen molar-refractivity contribution < 1.29 is 29.5 Å². The number of aliphatic hydroxyl groups is 3. The van der Waals surface area contributed by atoms with Crippen LogP contribution in [0.4, 0.5) is 0 Å². The molecule has 0 rings (SSSR count). The van der Waals surface area contributed by atoms with Crippen LogP contribution >= 0.6 is 0 Å². The Kier molecular flexibility index (Phi) is 7.85. The predicted molar refractivity (Wildman–Crippen MR) is 52.6 cm³/mol. The molecule has 0 aromatic heterocycles. The lowest BCUT2D eigenvalue weighted by Crippen LogP contribution is -2.49. The van der Waals surface area contributed by atoms with Gasteiger partial charge >= 0.3 is 0 Å². The van der Waals surface area contributed by atoms with Gasteiger partial charge in [-0.25, -0.2) is 0 Å². The average Bonchev–Trinajstić information content (AvgIpc) is 2.26. The third-order valence-electron chi connectivity index (χ3n) is 2.19. The van der Waals surface area contributed by atoms with Gasteiger partial charge in [0.2, 0.25) is 0 Å². The summed E-state index contributed by atoms with van der Waals surface area (Å²) in [6.07, 6.45) is -3.74. The van der Waals surface area contributed by atoms with Gasteiger partial charge < -0.3 is 29.5 Å². The van der Waals surface area contributed by atoms with Gasteiger partial charge in [0.15, 0.2) is 0 Å². The van der Waals surface area contributed by atoms with E-state index in [-0.39, 0.29) is 6.61 Å². The van der Waals surface area contributed by atoms with Crippen molar-refractivity contribution in [1.29, 1.82) is 0 Å². The minimum atomic E-state index is -1.15. The number of hydrogen-bond donors (Lipinski definition) is 3. The van der Waals surface area contributed by atoms with E-state index >= 15 is 0 Å². The Morgan fingerprint density at radius 1 is 1.07 bits per heavy atom. The molecule has 0 saturated heterocycles. The first-order chi connectivity index (χ1) is 7.12. The molecule has 0 spiro atoms. The summed E-state index contributed by atoms with van der Waals surface area (Å²) in [6, 6.07) is 0. The molecule has 92 valence electrons. The van der Waals surface area contributed by atoms with Crippen LogP contribution in [0.2, 0.25) is 0 Å². The summed E-state index contributed by atoms with van der Waals surface area (Å²) in [5.74, 6) is 0. The number of aliphatic hydroxyl groups excluding tert-OH is 3. The standard InChI is InChI=1S/C9H20O6/c1-13-5-7(14-2)8(12)9(15-3)6(11)4-10/h6-12H,4-5H2,1-3H3/t6-,7+,8-,9+/m1/s1. The van der Waals surface area contributed by atoms with E-state index in [2.05, 4.69) is 0 Å². The summed E-state index contributed by atoms with van der Waals surface area (Å²) in [4.78, 5) is 0.